The fourth-order valence-electron chi connectivity index (χ4n) is 3.09. The molecule has 25 heavy (non-hydrogen) atoms. The van der Waals surface area contributed by atoms with Crippen molar-refractivity contribution in [1.82, 2.24) is 9.55 Å². The van der Waals surface area contributed by atoms with Crippen LogP contribution in [0, 0.1) is 0 Å². The molecule has 0 aliphatic rings. The van der Waals surface area contributed by atoms with Crippen LogP contribution in [0.25, 0.3) is 22.2 Å². The van der Waals surface area contributed by atoms with E-state index in [9.17, 15) is 0 Å². The van der Waals surface area contributed by atoms with E-state index >= 15 is 0 Å². The number of fused-ring (bicyclic) bond motifs is 1. The number of hydrazone groups is 1. The lowest BCUT2D eigenvalue weighted by Crippen LogP contribution is -1.96. The van der Waals surface area contributed by atoms with E-state index in [4.69, 9.17) is 0 Å². The summed E-state index contributed by atoms with van der Waals surface area (Å²) in [6.45, 7) is 0. The Bertz CT molecular complexity index is 1020. The van der Waals surface area contributed by atoms with Crippen molar-refractivity contribution in [2.24, 2.45) is 12.1 Å². The Morgan fingerprint density at radius 1 is 0.920 bits per heavy atom. The number of benzene rings is 2. The van der Waals surface area contributed by atoms with Crippen LogP contribution in [0.5, 0.6) is 0 Å². The topological polar surface area (TPSA) is 42.2 Å². The molecule has 0 saturated heterocycles. The number of anilines is 1. The van der Waals surface area contributed by atoms with Crippen molar-refractivity contribution < 1.29 is 0 Å². The van der Waals surface area contributed by atoms with Crippen molar-refractivity contribution in [2.45, 2.75) is 0 Å². The molecule has 2 heterocycles. The van der Waals surface area contributed by atoms with E-state index in [0.29, 0.717) is 0 Å². The van der Waals surface area contributed by atoms with Crippen molar-refractivity contribution in [2.75, 3.05) is 5.43 Å². The second kappa shape index (κ2) is 6.61. The summed E-state index contributed by atoms with van der Waals surface area (Å²) >= 11 is 0. The predicted octanol–water partition coefficient (Wildman–Crippen LogP) is 4.69. The number of rotatable bonds is 4. The molecule has 0 radical (unpaired) electrons. The molecule has 4 aromatic rings. The number of para-hydroxylation sites is 1. The lowest BCUT2D eigenvalue weighted by atomic mass is 10.1. The maximum Gasteiger partial charge on any atom is 0.146 e. The van der Waals surface area contributed by atoms with Gasteiger partial charge in [0, 0.05) is 29.7 Å². The van der Waals surface area contributed by atoms with Gasteiger partial charge in [-0.25, -0.2) is 4.98 Å². The molecule has 0 aliphatic carbocycles. The SMILES string of the molecule is Cn1c(-c2ccccc2)c(/C=N\Nc2ccccn2)c2ccccc21. The van der Waals surface area contributed by atoms with Gasteiger partial charge in [0.05, 0.1) is 11.9 Å². The van der Waals surface area contributed by atoms with Crippen LogP contribution in [0.4, 0.5) is 5.82 Å². The molecule has 0 saturated carbocycles. The first-order chi connectivity index (χ1) is 12.3. The molecular formula is C21H18N4. The fourth-order valence-corrected chi connectivity index (χ4v) is 3.09. The van der Waals surface area contributed by atoms with Crippen LogP contribution in [-0.2, 0) is 7.05 Å². The molecule has 0 fully saturated rings. The highest BCUT2D eigenvalue weighted by Gasteiger charge is 2.14. The summed E-state index contributed by atoms with van der Waals surface area (Å²) in [6, 6.07) is 24.5. The number of nitrogens with one attached hydrogen (secondary N) is 1. The van der Waals surface area contributed by atoms with Gasteiger partial charge < -0.3 is 4.57 Å². The van der Waals surface area contributed by atoms with E-state index in [-0.39, 0.29) is 0 Å². The predicted molar refractivity (Wildman–Crippen MR) is 104 cm³/mol. The Hall–Kier alpha value is -3.40. The van der Waals surface area contributed by atoms with Gasteiger partial charge in [-0.3, -0.25) is 5.43 Å². The molecule has 4 heteroatoms. The van der Waals surface area contributed by atoms with E-state index in [0.717, 1.165) is 17.1 Å². The van der Waals surface area contributed by atoms with Crippen LogP contribution < -0.4 is 5.43 Å². The first kappa shape index (κ1) is 15.1. The summed E-state index contributed by atoms with van der Waals surface area (Å²) in [4.78, 5) is 4.23. The molecule has 0 aliphatic heterocycles. The molecule has 0 atom stereocenters. The quantitative estimate of drug-likeness (QED) is 0.437. The molecule has 2 aromatic carbocycles. The number of nitrogens with zero attached hydrogens (tertiary/aromatic N) is 3. The third kappa shape index (κ3) is 2.90. The Labute approximate surface area is 146 Å². The number of hydrogen-bond acceptors (Lipinski definition) is 3. The van der Waals surface area contributed by atoms with Crippen LogP contribution in [-0.4, -0.2) is 15.8 Å². The minimum Gasteiger partial charge on any atom is -0.343 e. The Kier molecular flexibility index (Phi) is 4.01. The zero-order valence-electron chi connectivity index (χ0n) is 13.9. The molecule has 0 amide bonds. The zero-order chi connectivity index (χ0) is 17.1. The molecule has 0 unspecified atom stereocenters. The maximum absolute atomic E-state index is 4.41. The van der Waals surface area contributed by atoms with E-state index in [2.05, 4.69) is 75.7 Å². The van der Waals surface area contributed by atoms with Gasteiger partial charge in [0.1, 0.15) is 5.82 Å². The highest BCUT2D eigenvalue weighted by molar-refractivity contribution is 6.06. The summed E-state index contributed by atoms with van der Waals surface area (Å²) in [6.07, 6.45) is 3.62. The highest BCUT2D eigenvalue weighted by atomic mass is 15.3. The molecule has 0 spiro atoms. The molecule has 1 N–H and O–H groups in total. The van der Waals surface area contributed by atoms with Gasteiger partial charge in [0.15, 0.2) is 0 Å². The van der Waals surface area contributed by atoms with Crippen LogP contribution >= 0.6 is 0 Å². The largest absolute Gasteiger partial charge is 0.343 e. The summed E-state index contributed by atoms with van der Waals surface area (Å²) < 4.78 is 2.22. The van der Waals surface area contributed by atoms with Gasteiger partial charge in [-0.2, -0.15) is 5.10 Å². The van der Waals surface area contributed by atoms with Gasteiger partial charge in [0.25, 0.3) is 0 Å². The third-order valence-electron chi connectivity index (χ3n) is 4.23. The van der Waals surface area contributed by atoms with Gasteiger partial charge in [0.2, 0.25) is 0 Å². The summed E-state index contributed by atoms with van der Waals surface area (Å²) in [5, 5.41) is 5.59. The molecule has 2 aromatic heterocycles. The monoisotopic (exact) mass is 326 g/mol. The number of aryl methyl sites for hydroxylation is 1. The van der Waals surface area contributed by atoms with Crippen LogP contribution in [0.2, 0.25) is 0 Å². The normalized spacial score (nSPS) is 11.2. The minimum atomic E-state index is 0.722. The zero-order valence-corrected chi connectivity index (χ0v) is 13.9. The fraction of sp³-hybridized carbons (Fsp3) is 0.0476. The molecule has 4 rings (SSSR count). The second-order valence-electron chi connectivity index (χ2n) is 5.79. The number of aromatic nitrogens is 2. The molecular weight excluding hydrogens is 308 g/mol. The Morgan fingerprint density at radius 2 is 1.68 bits per heavy atom. The average molecular weight is 326 g/mol. The smallest absolute Gasteiger partial charge is 0.146 e. The average Bonchev–Trinajstić information content (AvgIpc) is 2.96. The lowest BCUT2D eigenvalue weighted by Gasteiger charge is -2.06. The van der Waals surface area contributed by atoms with Crippen LogP contribution in [0.3, 0.4) is 0 Å². The van der Waals surface area contributed by atoms with E-state index in [1.165, 1.54) is 16.5 Å². The number of hydrogen-bond donors (Lipinski definition) is 1. The van der Waals surface area contributed by atoms with Gasteiger partial charge in [-0.05, 0) is 23.8 Å². The summed E-state index contributed by atoms with van der Waals surface area (Å²) in [5.41, 5.74) is 7.58. The van der Waals surface area contributed by atoms with Gasteiger partial charge >= 0.3 is 0 Å². The van der Waals surface area contributed by atoms with Crippen molar-refractivity contribution >= 4 is 22.9 Å². The molecule has 122 valence electrons. The van der Waals surface area contributed by atoms with Gasteiger partial charge in [-0.15, -0.1) is 0 Å². The first-order valence-corrected chi connectivity index (χ1v) is 8.17. The Morgan fingerprint density at radius 3 is 2.48 bits per heavy atom. The molecule has 4 nitrogen and oxygen atoms in total. The third-order valence-corrected chi connectivity index (χ3v) is 4.23. The van der Waals surface area contributed by atoms with Crippen molar-refractivity contribution in [3.8, 4) is 11.3 Å². The lowest BCUT2D eigenvalue weighted by molar-refractivity contribution is 0.977. The summed E-state index contributed by atoms with van der Waals surface area (Å²) in [5.74, 6) is 0.722. The molecule has 0 bridgehead atoms. The van der Waals surface area contributed by atoms with E-state index < -0.39 is 0 Å². The Balaban J connectivity index is 1.81. The number of pyridine rings is 1. The second-order valence-corrected chi connectivity index (χ2v) is 5.79. The van der Waals surface area contributed by atoms with Crippen molar-refractivity contribution in [1.29, 1.82) is 0 Å². The van der Waals surface area contributed by atoms with Crippen molar-refractivity contribution in [3.05, 3.63) is 84.6 Å². The standard InChI is InChI=1S/C21H18N4/c1-25-19-12-6-5-11-17(19)18(21(25)16-9-3-2-4-10-16)15-23-24-20-13-7-8-14-22-20/h2-15H,1H3,(H,22,24)/b23-15-. The van der Waals surface area contributed by atoms with E-state index in [1.807, 2.05) is 30.5 Å². The highest BCUT2D eigenvalue weighted by Crippen LogP contribution is 2.31. The van der Waals surface area contributed by atoms with Gasteiger partial charge in [-0.1, -0.05) is 54.6 Å². The summed E-state index contributed by atoms with van der Waals surface area (Å²) in [7, 11) is 2.09. The first-order valence-electron chi connectivity index (χ1n) is 8.17. The maximum atomic E-state index is 4.41. The van der Waals surface area contributed by atoms with Crippen LogP contribution in [0.1, 0.15) is 5.56 Å². The van der Waals surface area contributed by atoms with Crippen molar-refractivity contribution in [3.63, 3.8) is 0 Å². The van der Waals surface area contributed by atoms with E-state index in [1.54, 1.807) is 6.20 Å². The minimum absolute atomic E-state index is 0.722. The van der Waals surface area contributed by atoms with Crippen LogP contribution in [0.15, 0.2) is 84.1 Å².